The molecule has 0 aliphatic heterocycles. The first-order chi connectivity index (χ1) is 42.5. The van der Waals surface area contributed by atoms with Gasteiger partial charge in [-0.25, -0.2) is 0 Å². The van der Waals surface area contributed by atoms with Crippen molar-refractivity contribution in [3.63, 3.8) is 0 Å². The van der Waals surface area contributed by atoms with Crippen LogP contribution in [0.5, 0.6) is 11.5 Å². The third-order valence-corrected chi connectivity index (χ3v) is 16.2. The Morgan fingerprint density at radius 3 is 0.535 bits per heavy atom. The molecule has 4 heteroatoms. The van der Waals surface area contributed by atoms with Crippen molar-refractivity contribution in [1.82, 2.24) is 0 Å². The second kappa shape index (κ2) is 23.4. The molecule has 0 saturated carbocycles. The van der Waals surface area contributed by atoms with E-state index in [0.29, 0.717) is 22.3 Å². The largest absolute Gasteiger partial charge is 0.872 e. The maximum absolute atomic E-state index is 14.6. The van der Waals surface area contributed by atoms with E-state index >= 15 is 0 Å². The van der Waals surface area contributed by atoms with Gasteiger partial charge >= 0.3 is 0 Å². The maximum Gasteiger partial charge on any atom is 0.219 e. The zero-order chi connectivity index (χ0) is 57.8. The number of nitrogens with zero attached hydrogens (tertiary/aromatic N) is 2. The summed E-state index contributed by atoms with van der Waals surface area (Å²) in [5.41, 5.74) is 22.5. The summed E-state index contributed by atoms with van der Waals surface area (Å²) in [4.78, 5) is 0. The van der Waals surface area contributed by atoms with Gasteiger partial charge < -0.3 is 10.2 Å². The van der Waals surface area contributed by atoms with E-state index in [1.807, 2.05) is 146 Å². The Labute approximate surface area is 502 Å². The molecule has 0 N–H and O–H groups in total. The Hall–Kier alpha value is -11.5. The van der Waals surface area contributed by atoms with Crippen molar-refractivity contribution in [2.45, 2.75) is 0 Å². The van der Waals surface area contributed by atoms with E-state index in [0.717, 1.165) is 112 Å². The lowest BCUT2D eigenvalue weighted by Gasteiger charge is -2.21. The van der Waals surface area contributed by atoms with E-state index in [1.54, 1.807) is 0 Å². The highest BCUT2D eigenvalue weighted by molar-refractivity contribution is 5.86. The zero-order valence-electron chi connectivity index (χ0n) is 47.0. The average Bonchev–Trinajstić information content (AvgIpc) is 1.08. The molecule has 0 aliphatic carbocycles. The molecule has 0 saturated heterocycles. The molecule has 2 heterocycles. The van der Waals surface area contributed by atoms with Crippen LogP contribution in [-0.2, 0) is 0 Å². The normalized spacial score (nSPS) is 11.1. The molecule has 0 fully saturated rings. The van der Waals surface area contributed by atoms with Crippen LogP contribution in [0.15, 0.2) is 340 Å². The zero-order valence-corrected chi connectivity index (χ0v) is 47.0. The molecule has 2 aromatic heterocycles. The summed E-state index contributed by atoms with van der Waals surface area (Å²) in [6, 6.07) is 117. The number of hydrogen-bond acceptors (Lipinski definition) is 2. The highest BCUT2D eigenvalue weighted by Gasteiger charge is 2.29. The fourth-order valence-corrected chi connectivity index (χ4v) is 11.9. The molecule has 0 atom stereocenters. The van der Waals surface area contributed by atoms with Crippen molar-refractivity contribution < 1.29 is 19.3 Å². The van der Waals surface area contributed by atoms with Gasteiger partial charge in [-0.3, -0.25) is 0 Å². The van der Waals surface area contributed by atoms with Gasteiger partial charge in [0.2, 0.25) is 34.2 Å². The molecule has 0 aliphatic rings. The van der Waals surface area contributed by atoms with Crippen LogP contribution in [0.2, 0.25) is 0 Å². The van der Waals surface area contributed by atoms with E-state index in [2.05, 4.69) is 203 Å². The minimum absolute atomic E-state index is 0.0102. The first kappa shape index (κ1) is 52.6. The summed E-state index contributed by atoms with van der Waals surface area (Å²) in [6.07, 6.45) is 0. The maximum atomic E-state index is 14.6. The van der Waals surface area contributed by atoms with Gasteiger partial charge in [0.25, 0.3) is 0 Å². The van der Waals surface area contributed by atoms with Crippen LogP contribution in [0, 0.1) is 0 Å². The van der Waals surface area contributed by atoms with Gasteiger partial charge in [-0.2, -0.15) is 9.13 Å². The Bertz CT molecular complexity index is 4130. The fraction of sp³-hybridized carbons (Fsp3) is 0. The van der Waals surface area contributed by atoms with Gasteiger partial charge in [0.1, 0.15) is 0 Å². The van der Waals surface area contributed by atoms with Gasteiger partial charge in [-0.05, 0) is 126 Å². The molecule has 0 unspecified atom stereocenters. The molecule has 0 amide bonds. The lowest BCUT2D eigenvalue weighted by molar-refractivity contribution is -0.572. The predicted molar refractivity (Wildman–Crippen MR) is 348 cm³/mol. The van der Waals surface area contributed by atoms with E-state index in [4.69, 9.17) is 0 Å². The molecular weight excluding hydrogens is 1040 g/mol. The first-order valence-electron chi connectivity index (χ1n) is 29.0. The lowest BCUT2D eigenvalue weighted by atomic mass is 9.93. The van der Waals surface area contributed by atoms with Gasteiger partial charge in [-0.1, -0.05) is 254 Å². The van der Waals surface area contributed by atoms with Gasteiger partial charge in [0, 0.05) is 70.8 Å². The Morgan fingerprint density at radius 1 is 0.163 bits per heavy atom. The molecule has 406 valence electrons. The summed E-state index contributed by atoms with van der Waals surface area (Å²) < 4.78 is 4.63. The molecular formula is C82H56N2O2. The van der Waals surface area contributed by atoms with Crippen molar-refractivity contribution in [2.75, 3.05) is 0 Å². The fourth-order valence-electron chi connectivity index (χ4n) is 11.9. The second-order valence-corrected chi connectivity index (χ2v) is 21.5. The molecule has 4 nitrogen and oxygen atoms in total. The van der Waals surface area contributed by atoms with E-state index in [9.17, 15) is 10.2 Å². The molecule has 12 aromatic carbocycles. The van der Waals surface area contributed by atoms with Gasteiger partial charge in [0.15, 0.2) is 0 Å². The lowest BCUT2D eigenvalue weighted by Crippen LogP contribution is -2.36. The van der Waals surface area contributed by atoms with E-state index < -0.39 is 0 Å². The minimum Gasteiger partial charge on any atom is -0.872 e. The van der Waals surface area contributed by atoms with Crippen molar-refractivity contribution in [3.05, 3.63) is 340 Å². The summed E-state index contributed by atoms with van der Waals surface area (Å²) in [5.74, 6) is -0.0205. The van der Waals surface area contributed by atoms with Crippen molar-refractivity contribution in [3.8, 4) is 146 Å². The second-order valence-electron chi connectivity index (χ2n) is 21.5. The van der Waals surface area contributed by atoms with Crippen LogP contribution < -0.4 is 19.3 Å². The van der Waals surface area contributed by atoms with Crippen LogP contribution >= 0.6 is 0 Å². The highest BCUT2D eigenvalue weighted by Crippen LogP contribution is 2.42. The Kier molecular flexibility index (Phi) is 14.3. The van der Waals surface area contributed by atoms with Crippen molar-refractivity contribution in [1.29, 1.82) is 0 Å². The van der Waals surface area contributed by atoms with Crippen LogP contribution in [0.4, 0.5) is 0 Å². The summed E-state index contributed by atoms with van der Waals surface area (Å²) in [5, 5.41) is 29.1. The SMILES string of the molecule is [O-]c1c(-c2ccccc2)cc(-[n+]2c(-c3ccccc3)cc(-c3ccc(-c4ccc(-c5cc(-c6ccccc6)[n+](-c6cc(-c7ccccc7)c([O-])c(-c7ccccc7)c6)c(-c6ccccc6)c5)cc4)cc3)cc2-c2ccccc2)cc1-c1ccccc1. The number of benzene rings is 12. The summed E-state index contributed by atoms with van der Waals surface area (Å²) in [7, 11) is 0. The predicted octanol–water partition coefficient (Wildman–Crippen LogP) is 18.7. The molecule has 0 bridgehead atoms. The van der Waals surface area contributed by atoms with Gasteiger partial charge in [0.05, 0.1) is 0 Å². The van der Waals surface area contributed by atoms with Crippen LogP contribution in [0.1, 0.15) is 0 Å². The molecule has 14 rings (SSSR count). The summed E-state index contributed by atoms with van der Waals surface area (Å²) >= 11 is 0. The van der Waals surface area contributed by atoms with Crippen molar-refractivity contribution >= 4 is 0 Å². The highest BCUT2D eigenvalue weighted by atomic mass is 16.3. The van der Waals surface area contributed by atoms with Crippen LogP contribution in [0.25, 0.3) is 134 Å². The number of aromatic nitrogens is 2. The number of hydrogen-bond donors (Lipinski definition) is 0. The molecule has 86 heavy (non-hydrogen) atoms. The number of rotatable bonds is 13. The minimum atomic E-state index is -0.0102. The van der Waals surface area contributed by atoms with Crippen LogP contribution in [-0.4, -0.2) is 0 Å². The van der Waals surface area contributed by atoms with Gasteiger partial charge in [-0.15, -0.1) is 0 Å². The standard InChI is InChI=1S/C82H56N2O2/c85-81-73(61-25-9-1-10-26-61)53-71(54-74(81)62-27-11-2-12-28-62)83-77(65-33-17-5-18-34-65)49-69(50-78(83)66-35-19-6-20-36-66)59-45-41-57(42-46-59)58-43-47-60(48-44-58)70-51-79(67-37-21-7-22-38-67)84(80(52-70)68-39-23-8-24-40-68)72-55-75(63-29-13-3-14-30-63)82(86)76(56-72)64-31-15-4-16-32-64/h1-56H. The molecule has 0 spiro atoms. The first-order valence-corrected chi connectivity index (χ1v) is 29.0. The van der Waals surface area contributed by atoms with Crippen molar-refractivity contribution in [2.24, 2.45) is 0 Å². The average molecular weight is 1100 g/mol. The quantitative estimate of drug-likeness (QED) is 0.108. The Balaban J connectivity index is 0.873. The van der Waals surface area contributed by atoms with E-state index in [-0.39, 0.29) is 11.5 Å². The summed E-state index contributed by atoms with van der Waals surface area (Å²) in [6.45, 7) is 0. The topological polar surface area (TPSA) is 53.9 Å². The third-order valence-electron chi connectivity index (χ3n) is 16.2. The smallest absolute Gasteiger partial charge is 0.219 e. The molecule has 14 aromatic rings. The Morgan fingerprint density at radius 2 is 0.337 bits per heavy atom. The number of pyridine rings is 2. The molecule has 0 radical (unpaired) electrons. The van der Waals surface area contributed by atoms with E-state index in [1.165, 1.54) is 0 Å². The third kappa shape index (κ3) is 10.4. The van der Waals surface area contributed by atoms with Crippen LogP contribution in [0.3, 0.4) is 0 Å². The monoisotopic (exact) mass is 1100 g/mol.